The topological polar surface area (TPSA) is 66.7 Å². The fourth-order valence-corrected chi connectivity index (χ4v) is 3.31. The maximum atomic E-state index is 11.9. The number of thioether (sulfide) groups is 1. The van der Waals surface area contributed by atoms with Crippen molar-refractivity contribution < 1.29 is 4.79 Å². The Labute approximate surface area is 131 Å². The summed E-state index contributed by atoms with van der Waals surface area (Å²) >= 11 is 2.91. The van der Waals surface area contributed by atoms with Crippen LogP contribution < -0.4 is 10.9 Å². The van der Waals surface area contributed by atoms with Crippen molar-refractivity contribution in [1.82, 2.24) is 19.6 Å². The maximum Gasteiger partial charge on any atom is 0.258 e. The number of fused-ring (bicyclic) bond motifs is 1. The lowest BCUT2D eigenvalue weighted by molar-refractivity contribution is -0.127. The Balaban J connectivity index is 1.87. The van der Waals surface area contributed by atoms with Gasteiger partial charge in [-0.15, -0.1) is 23.1 Å². The van der Waals surface area contributed by atoms with Crippen LogP contribution in [0.2, 0.25) is 0 Å². The van der Waals surface area contributed by atoms with E-state index in [1.54, 1.807) is 18.1 Å². The summed E-state index contributed by atoms with van der Waals surface area (Å²) in [6.45, 7) is 1.47. The summed E-state index contributed by atoms with van der Waals surface area (Å²) in [7, 11) is 3.65. The molecule has 8 heteroatoms. The van der Waals surface area contributed by atoms with Gasteiger partial charge in [0.15, 0.2) is 4.96 Å². The Bertz CT molecular complexity index is 667. The Morgan fingerprint density at radius 1 is 1.57 bits per heavy atom. The first kappa shape index (κ1) is 16.0. The fraction of sp³-hybridized carbons (Fsp3) is 0.462. The molecule has 6 nitrogen and oxygen atoms in total. The molecule has 2 rings (SSSR count). The second-order valence-corrected chi connectivity index (χ2v) is 6.41. The van der Waals surface area contributed by atoms with Gasteiger partial charge in [0.05, 0.1) is 11.4 Å². The zero-order valence-corrected chi connectivity index (χ0v) is 13.7. The monoisotopic (exact) mass is 326 g/mol. The lowest BCUT2D eigenvalue weighted by Crippen LogP contribution is -2.33. The Kier molecular flexibility index (Phi) is 5.77. The van der Waals surface area contributed by atoms with Crippen LogP contribution in [0, 0.1) is 0 Å². The van der Waals surface area contributed by atoms with E-state index in [1.165, 1.54) is 33.6 Å². The number of thiazole rings is 1. The van der Waals surface area contributed by atoms with Gasteiger partial charge < -0.3 is 10.2 Å². The van der Waals surface area contributed by atoms with Crippen molar-refractivity contribution in [3.05, 3.63) is 33.7 Å². The van der Waals surface area contributed by atoms with Gasteiger partial charge in [-0.2, -0.15) is 0 Å². The molecule has 0 aliphatic heterocycles. The summed E-state index contributed by atoms with van der Waals surface area (Å²) in [5.41, 5.74) is 0.646. The first-order chi connectivity index (χ1) is 10.1. The Morgan fingerprint density at radius 2 is 2.38 bits per heavy atom. The maximum absolute atomic E-state index is 11.9. The molecule has 21 heavy (non-hydrogen) atoms. The highest BCUT2D eigenvalue weighted by molar-refractivity contribution is 7.99. The average Bonchev–Trinajstić information content (AvgIpc) is 2.93. The minimum Gasteiger partial charge on any atom is -0.344 e. The Hall–Kier alpha value is -1.38. The zero-order chi connectivity index (χ0) is 15.2. The van der Waals surface area contributed by atoms with Crippen LogP contribution in [0.15, 0.2) is 22.4 Å². The number of amides is 1. The molecule has 1 N–H and O–H groups in total. The Morgan fingerprint density at radius 3 is 3.14 bits per heavy atom. The molecule has 0 aliphatic carbocycles. The molecule has 0 unspecified atom stereocenters. The SMILES string of the molecule is CNCCN(C)C(=O)CSCc1cc(=O)n2ccsc2n1. The average molecular weight is 326 g/mol. The number of aromatic nitrogens is 2. The largest absolute Gasteiger partial charge is 0.344 e. The van der Waals surface area contributed by atoms with Gasteiger partial charge >= 0.3 is 0 Å². The van der Waals surface area contributed by atoms with Crippen molar-refractivity contribution in [1.29, 1.82) is 0 Å². The van der Waals surface area contributed by atoms with Gasteiger partial charge in [0.25, 0.3) is 5.56 Å². The highest BCUT2D eigenvalue weighted by Crippen LogP contribution is 2.12. The van der Waals surface area contributed by atoms with E-state index in [1.807, 2.05) is 12.4 Å². The van der Waals surface area contributed by atoms with Crippen molar-refractivity contribution in [3.63, 3.8) is 0 Å². The second kappa shape index (κ2) is 7.58. The summed E-state index contributed by atoms with van der Waals surface area (Å²) in [4.78, 5) is 30.5. The minimum atomic E-state index is -0.0747. The van der Waals surface area contributed by atoms with Crippen LogP contribution in [0.3, 0.4) is 0 Å². The molecule has 0 spiro atoms. The molecule has 0 radical (unpaired) electrons. The fourth-order valence-electron chi connectivity index (χ4n) is 1.72. The van der Waals surface area contributed by atoms with E-state index in [4.69, 9.17) is 0 Å². The van der Waals surface area contributed by atoms with Crippen LogP contribution in [0.4, 0.5) is 0 Å². The van der Waals surface area contributed by atoms with E-state index in [0.29, 0.717) is 23.0 Å². The summed E-state index contributed by atoms with van der Waals surface area (Å²) in [6.07, 6.45) is 1.71. The molecule has 0 fully saturated rings. The molecule has 0 bridgehead atoms. The van der Waals surface area contributed by atoms with Gasteiger partial charge in [-0.3, -0.25) is 14.0 Å². The van der Waals surface area contributed by atoms with Crippen LogP contribution >= 0.6 is 23.1 Å². The molecular weight excluding hydrogens is 308 g/mol. The zero-order valence-electron chi connectivity index (χ0n) is 12.0. The third-order valence-electron chi connectivity index (χ3n) is 2.95. The van der Waals surface area contributed by atoms with Crippen LogP contribution in [0.5, 0.6) is 0 Å². The number of likely N-dealkylation sites (N-methyl/N-ethyl adjacent to an activating group) is 2. The number of carbonyl (C=O) groups excluding carboxylic acids is 1. The van der Waals surface area contributed by atoms with Gasteiger partial charge in [-0.1, -0.05) is 0 Å². The standard InChI is InChI=1S/C13H18N4O2S2/c1-14-3-4-16(2)12(19)9-20-8-10-7-11(18)17-5-6-21-13(17)15-10/h5-7,14H,3-4,8-9H2,1-2H3. The van der Waals surface area contributed by atoms with Crippen molar-refractivity contribution in [2.75, 3.05) is 32.9 Å². The number of rotatable bonds is 7. The van der Waals surface area contributed by atoms with Crippen molar-refractivity contribution in [3.8, 4) is 0 Å². The second-order valence-electron chi connectivity index (χ2n) is 4.55. The summed E-state index contributed by atoms with van der Waals surface area (Å²) in [6, 6.07) is 1.53. The summed E-state index contributed by atoms with van der Waals surface area (Å²) in [5.74, 6) is 1.05. The highest BCUT2D eigenvalue weighted by atomic mass is 32.2. The lowest BCUT2D eigenvalue weighted by atomic mass is 10.4. The molecule has 0 saturated carbocycles. The lowest BCUT2D eigenvalue weighted by Gasteiger charge is -2.16. The normalized spacial score (nSPS) is 11.0. The predicted molar refractivity (Wildman–Crippen MR) is 87.1 cm³/mol. The molecule has 0 aromatic carbocycles. The van der Waals surface area contributed by atoms with E-state index >= 15 is 0 Å². The van der Waals surface area contributed by atoms with Crippen LogP contribution in [0.25, 0.3) is 4.96 Å². The van der Waals surface area contributed by atoms with Crippen molar-refractivity contribution >= 4 is 34.0 Å². The van der Waals surface area contributed by atoms with E-state index in [-0.39, 0.29) is 11.5 Å². The van der Waals surface area contributed by atoms with Gasteiger partial charge in [-0.05, 0) is 7.05 Å². The van der Waals surface area contributed by atoms with E-state index in [9.17, 15) is 9.59 Å². The predicted octanol–water partition coefficient (Wildman–Crippen LogP) is 0.667. The molecule has 2 aromatic rings. The summed E-state index contributed by atoms with van der Waals surface area (Å²) in [5, 5.41) is 4.84. The number of carbonyl (C=O) groups is 1. The molecule has 0 atom stereocenters. The van der Waals surface area contributed by atoms with Crippen LogP contribution in [0.1, 0.15) is 5.69 Å². The van der Waals surface area contributed by atoms with Gasteiger partial charge in [0.1, 0.15) is 0 Å². The minimum absolute atomic E-state index is 0.0747. The third kappa shape index (κ3) is 4.29. The molecule has 114 valence electrons. The molecule has 2 aromatic heterocycles. The van der Waals surface area contributed by atoms with E-state index in [0.717, 1.165) is 12.2 Å². The first-order valence-corrected chi connectivity index (χ1v) is 8.57. The van der Waals surface area contributed by atoms with Gasteiger partial charge in [0.2, 0.25) is 5.91 Å². The van der Waals surface area contributed by atoms with Crippen molar-refractivity contribution in [2.45, 2.75) is 5.75 Å². The van der Waals surface area contributed by atoms with Crippen LogP contribution in [-0.4, -0.2) is 53.1 Å². The van der Waals surface area contributed by atoms with E-state index < -0.39 is 0 Å². The van der Waals surface area contributed by atoms with Crippen LogP contribution in [-0.2, 0) is 10.5 Å². The van der Waals surface area contributed by atoms with Gasteiger partial charge in [-0.25, -0.2) is 4.98 Å². The molecule has 0 saturated heterocycles. The molecule has 0 aliphatic rings. The smallest absolute Gasteiger partial charge is 0.258 e. The molecule has 1 amide bonds. The summed E-state index contributed by atoms with van der Waals surface area (Å²) < 4.78 is 1.52. The third-order valence-corrected chi connectivity index (χ3v) is 4.66. The number of hydrogen-bond donors (Lipinski definition) is 1. The quantitative estimate of drug-likeness (QED) is 0.810. The molecule has 2 heterocycles. The molecular formula is C13H18N4O2S2. The van der Waals surface area contributed by atoms with Crippen molar-refractivity contribution in [2.24, 2.45) is 0 Å². The van der Waals surface area contributed by atoms with E-state index in [2.05, 4.69) is 10.3 Å². The number of nitrogens with zero attached hydrogens (tertiary/aromatic N) is 3. The number of hydrogen-bond acceptors (Lipinski definition) is 6. The first-order valence-electron chi connectivity index (χ1n) is 6.54. The highest BCUT2D eigenvalue weighted by Gasteiger charge is 2.09. The number of nitrogens with one attached hydrogen (secondary N) is 1. The van der Waals surface area contributed by atoms with Gasteiger partial charge in [0, 0.05) is 43.5 Å².